The molecule has 6 unspecified atom stereocenters. The lowest BCUT2D eigenvalue weighted by molar-refractivity contribution is -0.301. The predicted molar refractivity (Wildman–Crippen MR) is 303 cm³/mol. The molecule has 1 aliphatic heterocycles. The number of rotatable bonds is 48. The molecule has 0 aromatic rings. The molecule has 1 saturated heterocycles. The van der Waals surface area contributed by atoms with Crippen LogP contribution in [0.25, 0.3) is 0 Å². The fourth-order valence-corrected chi connectivity index (χ4v) is 8.18. The summed E-state index contributed by atoms with van der Waals surface area (Å²) in [6.07, 6.45) is 53.8. The molecule has 12 heteroatoms. The van der Waals surface area contributed by atoms with Gasteiger partial charge in [0.1, 0.15) is 18.8 Å². The van der Waals surface area contributed by atoms with Crippen LogP contribution in [-0.2, 0) is 42.9 Å². The summed E-state index contributed by atoms with van der Waals surface area (Å²) < 4.78 is 28.4. The topological polar surface area (TPSA) is 175 Å². The maximum atomic E-state index is 13.1. The summed E-state index contributed by atoms with van der Waals surface area (Å²) in [6.45, 7) is 5.69. The van der Waals surface area contributed by atoms with E-state index in [1.54, 1.807) is 0 Å². The maximum Gasteiger partial charge on any atom is 0.335 e. The Balaban J connectivity index is 2.69. The van der Waals surface area contributed by atoms with Crippen molar-refractivity contribution in [2.45, 2.75) is 263 Å². The van der Waals surface area contributed by atoms with Crippen molar-refractivity contribution in [1.29, 1.82) is 0 Å². The first-order valence-electron chi connectivity index (χ1n) is 29.2. The Morgan fingerprint density at radius 3 is 1.29 bits per heavy atom. The summed E-state index contributed by atoms with van der Waals surface area (Å²) in [5, 5.41) is 31.4. The van der Waals surface area contributed by atoms with E-state index in [-0.39, 0.29) is 25.9 Å². The molecular weight excluding hydrogens is 949 g/mol. The molecule has 0 aromatic heterocycles. The molecule has 0 saturated carbocycles. The second-order valence-corrected chi connectivity index (χ2v) is 19.5. The number of carboxylic acid groups (broad SMARTS) is 1. The van der Waals surface area contributed by atoms with E-state index in [0.717, 1.165) is 154 Å². The first-order chi connectivity index (χ1) is 36.6. The molecule has 1 rings (SSSR count). The van der Waals surface area contributed by atoms with Crippen molar-refractivity contribution in [2.24, 2.45) is 0 Å². The zero-order valence-corrected chi connectivity index (χ0v) is 46.8. The molecular formula is C63H102O12. The van der Waals surface area contributed by atoms with Crippen LogP contribution in [0.5, 0.6) is 0 Å². The van der Waals surface area contributed by atoms with Gasteiger partial charge in [-0.1, -0.05) is 195 Å². The Kier molecular flexibility index (Phi) is 46.2. The van der Waals surface area contributed by atoms with Crippen molar-refractivity contribution in [3.05, 3.63) is 97.2 Å². The highest BCUT2D eigenvalue weighted by molar-refractivity contribution is 5.74. The molecule has 0 aromatic carbocycles. The third-order valence-electron chi connectivity index (χ3n) is 12.6. The number of carboxylic acids is 1. The van der Waals surface area contributed by atoms with Crippen molar-refractivity contribution in [3.8, 4) is 0 Å². The second-order valence-electron chi connectivity index (χ2n) is 19.5. The van der Waals surface area contributed by atoms with Gasteiger partial charge in [-0.3, -0.25) is 14.4 Å². The van der Waals surface area contributed by atoms with Gasteiger partial charge in [-0.05, 0) is 109 Å². The van der Waals surface area contributed by atoms with Crippen LogP contribution in [0.2, 0.25) is 0 Å². The van der Waals surface area contributed by atoms with Crippen LogP contribution in [0.3, 0.4) is 0 Å². The zero-order valence-electron chi connectivity index (χ0n) is 46.8. The molecule has 1 fully saturated rings. The van der Waals surface area contributed by atoms with Gasteiger partial charge in [-0.15, -0.1) is 0 Å². The number of aliphatic hydroxyl groups excluding tert-OH is 2. The largest absolute Gasteiger partial charge is 0.479 e. The summed E-state index contributed by atoms with van der Waals surface area (Å²) in [4.78, 5) is 51.1. The Hall–Kier alpha value is -4.36. The summed E-state index contributed by atoms with van der Waals surface area (Å²) in [5.74, 6) is -3.18. The number of esters is 3. The van der Waals surface area contributed by atoms with Gasteiger partial charge in [0.2, 0.25) is 0 Å². The maximum absolute atomic E-state index is 13.1. The number of hydrogen-bond donors (Lipinski definition) is 3. The number of hydrogen-bond acceptors (Lipinski definition) is 11. The Morgan fingerprint density at radius 2 is 0.840 bits per heavy atom. The van der Waals surface area contributed by atoms with Crippen molar-refractivity contribution in [2.75, 3.05) is 13.2 Å². The molecule has 0 bridgehead atoms. The lowest BCUT2D eigenvalue weighted by Crippen LogP contribution is -2.61. The standard InChI is InChI=1S/C63H102O12/c1-4-7-10-13-16-19-22-24-26-27-28-29-31-32-35-37-40-43-46-49-55(64)71-52-54(73-56(65)50-47-44-41-38-34-21-18-15-12-9-6-3)53-72-63-61(59(68)58(67)60(75-63)62(69)70)74-57(66)51-48-45-42-39-36-33-30-25-23-20-17-14-11-8-5-2/h7-8,10-11,15-20,24-26,28-30,54,58-61,63,67-68H,4-6,9,12-14,21-23,27,31-53H2,1-3H3,(H,69,70)/b10-7-,11-8-,18-15-,19-16-,20-17-,26-24-,29-28-,30-25-. The minimum Gasteiger partial charge on any atom is -0.479 e. The molecule has 1 heterocycles. The van der Waals surface area contributed by atoms with E-state index in [4.69, 9.17) is 23.7 Å². The van der Waals surface area contributed by atoms with Crippen molar-refractivity contribution >= 4 is 23.9 Å². The second kappa shape index (κ2) is 50.5. The minimum absolute atomic E-state index is 0.0348. The molecule has 1 aliphatic rings. The van der Waals surface area contributed by atoms with Gasteiger partial charge in [0.15, 0.2) is 24.6 Å². The molecule has 0 amide bonds. The van der Waals surface area contributed by atoms with Crippen LogP contribution in [0, 0.1) is 0 Å². The molecule has 0 radical (unpaired) electrons. The molecule has 0 aliphatic carbocycles. The van der Waals surface area contributed by atoms with Crippen molar-refractivity contribution < 1.29 is 58.2 Å². The third-order valence-corrected chi connectivity index (χ3v) is 12.6. The summed E-state index contributed by atoms with van der Waals surface area (Å²) >= 11 is 0. The van der Waals surface area contributed by atoms with Gasteiger partial charge in [0.05, 0.1) is 6.61 Å². The summed E-state index contributed by atoms with van der Waals surface area (Å²) in [6, 6.07) is 0. The fraction of sp³-hybridized carbons (Fsp3) is 0.683. The van der Waals surface area contributed by atoms with Gasteiger partial charge in [0.25, 0.3) is 0 Å². The number of aliphatic hydroxyl groups is 2. The van der Waals surface area contributed by atoms with Gasteiger partial charge in [-0.25, -0.2) is 4.79 Å². The quantitative estimate of drug-likeness (QED) is 0.0228. The highest BCUT2D eigenvalue weighted by Gasteiger charge is 2.50. The molecule has 3 N–H and O–H groups in total. The monoisotopic (exact) mass is 1050 g/mol. The molecule has 12 nitrogen and oxygen atoms in total. The van der Waals surface area contributed by atoms with E-state index < -0.39 is 67.3 Å². The molecule has 75 heavy (non-hydrogen) atoms. The smallest absolute Gasteiger partial charge is 0.335 e. The van der Waals surface area contributed by atoms with Crippen LogP contribution >= 0.6 is 0 Å². The average Bonchev–Trinajstić information content (AvgIpc) is 3.39. The van der Waals surface area contributed by atoms with Crippen LogP contribution in [0.15, 0.2) is 97.2 Å². The van der Waals surface area contributed by atoms with E-state index in [1.807, 2.05) is 0 Å². The number of unbranched alkanes of at least 4 members (excludes halogenated alkanes) is 18. The van der Waals surface area contributed by atoms with Crippen LogP contribution in [0.4, 0.5) is 0 Å². The van der Waals surface area contributed by atoms with E-state index in [1.165, 1.54) is 12.8 Å². The zero-order chi connectivity index (χ0) is 54.7. The Labute approximate surface area is 453 Å². The lowest BCUT2D eigenvalue weighted by atomic mass is 9.98. The Morgan fingerprint density at radius 1 is 0.453 bits per heavy atom. The minimum atomic E-state index is -1.92. The number of aliphatic carboxylic acids is 1. The molecule has 426 valence electrons. The van der Waals surface area contributed by atoms with Crippen LogP contribution in [-0.4, -0.2) is 89.2 Å². The number of allylic oxidation sites excluding steroid dienone is 16. The van der Waals surface area contributed by atoms with E-state index in [2.05, 4.69) is 118 Å². The van der Waals surface area contributed by atoms with Gasteiger partial charge in [0, 0.05) is 19.3 Å². The summed E-state index contributed by atoms with van der Waals surface area (Å²) in [7, 11) is 0. The molecule has 0 spiro atoms. The van der Waals surface area contributed by atoms with Crippen molar-refractivity contribution in [3.63, 3.8) is 0 Å². The average molecular weight is 1050 g/mol. The SMILES string of the molecule is CC/C=C\C/C=C\C/C=C\C/C=C\CCCCCCCCC(=O)OCC(COC1OC(C(=O)O)C(O)C(O)C1OC(=O)CCCCCCC/C=C\C/C=C\C/C=C\CC)OC(=O)CCCCCCC/C=C\CCCC. The molecule has 6 atom stereocenters. The highest BCUT2D eigenvalue weighted by atomic mass is 16.7. The van der Waals surface area contributed by atoms with E-state index in [9.17, 15) is 34.5 Å². The van der Waals surface area contributed by atoms with Gasteiger partial charge in [-0.2, -0.15) is 0 Å². The first-order valence-corrected chi connectivity index (χ1v) is 29.2. The number of carbonyl (C=O) groups is 4. The predicted octanol–water partition coefficient (Wildman–Crippen LogP) is 14.9. The Bertz CT molecular complexity index is 1670. The van der Waals surface area contributed by atoms with Crippen LogP contribution < -0.4 is 0 Å². The lowest BCUT2D eigenvalue weighted by Gasteiger charge is -2.40. The van der Waals surface area contributed by atoms with Crippen molar-refractivity contribution in [1.82, 2.24) is 0 Å². The van der Waals surface area contributed by atoms with Gasteiger partial charge < -0.3 is 39.0 Å². The first kappa shape index (κ1) is 68.7. The third kappa shape index (κ3) is 40.6. The fourth-order valence-electron chi connectivity index (χ4n) is 8.18. The normalized spacial score (nSPS) is 18.9. The number of ether oxygens (including phenoxy) is 5. The van der Waals surface area contributed by atoms with E-state index in [0.29, 0.717) is 19.3 Å². The summed E-state index contributed by atoms with van der Waals surface area (Å²) in [5.41, 5.74) is 0. The highest BCUT2D eigenvalue weighted by Crippen LogP contribution is 2.26. The van der Waals surface area contributed by atoms with Crippen LogP contribution in [0.1, 0.15) is 226 Å². The number of carbonyl (C=O) groups excluding carboxylic acids is 3. The van der Waals surface area contributed by atoms with E-state index >= 15 is 0 Å². The van der Waals surface area contributed by atoms with Gasteiger partial charge >= 0.3 is 23.9 Å².